The van der Waals surface area contributed by atoms with Crippen LogP contribution in [0.1, 0.15) is 86.6 Å². The third kappa shape index (κ3) is 6.34. The van der Waals surface area contributed by atoms with Crippen molar-refractivity contribution >= 4 is 11.8 Å². The van der Waals surface area contributed by atoms with Crippen molar-refractivity contribution < 1.29 is 9.59 Å². The molecule has 4 heteroatoms. The second-order valence-corrected chi connectivity index (χ2v) is 7.27. The van der Waals surface area contributed by atoms with Gasteiger partial charge in [0.15, 0.2) is 0 Å². The predicted octanol–water partition coefficient (Wildman–Crippen LogP) is 4.04. The Kier molecular flexibility index (Phi) is 7.96. The largest absolute Gasteiger partial charge is 0.352 e. The van der Waals surface area contributed by atoms with Crippen LogP contribution in [0.4, 0.5) is 0 Å². The fourth-order valence-corrected chi connectivity index (χ4v) is 2.28. The fraction of sp³-hybridized carbons (Fsp3) is 0.600. The summed E-state index contributed by atoms with van der Waals surface area (Å²) in [6.07, 6.45) is 3.98. The number of hydrogen-bond donors (Lipinski definition) is 2. The minimum absolute atomic E-state index is 0.114. The molecule has 0 aromatic heterocycles. The molecule has 0 aliphatic heterocycles. The summed E-state index contributed by atoms with van der Waals surface area (Å²) in [6.45, 7) is 11.7. The highest BCUT2D eigenvalue weighted by Gasteiger charge is 2.19. The van der Waals surface area contributed by atoms with E-state index in [-0.39, 0.29) is 17.2 Å². The second-order valence-electron chi connectivity index (χ2n) is 7.27. The van der Waals surface area contributed by atoms with E-state index in [1.54, 1.807) is 6.07 Å². The van der Waals surface area contributed by atoms with E-state index in [0.29, 0.717) is 24.2 Å². The summed E-state index contributed by atoms with van der Waals surface area (Å²) in [7, 11) is 0. The van der Waals surface area contributed by atoms with Gasteiger partial charge in [-0.15, -0.1) is 0 Å². The number of carbonyl (C=O) groups excluding carboxylic acids is 2. The zero-order valence-corrected chi connectivity index (χ0v) is 15.8. The predicted molar refractivity (Wildman–Crippen MR) is 99.6 cm³/mol. The van der Waals surface area contributed by atoms with Crippen LogP contribution in [0.5, 0.6) is 0 Å². The van der Waals surface area contributed by atoms with Crippen LogP contribution >= 0.6 is 0 Å². The lowest BCUT2D eigenvalue weighted by molar-refractivity contribution is 0.0952. The molecule has 4 nitrogen and oxygen atoms in total. The molecule has 0 atom stereocenters. The lowest BCUT2D eigenvalue weighted by Gasteiger charge is -2.21. The molecule has 0 aliphatic carbocycles. The maximum absolute atomic E-state index is 12.4. The van der Waals surface area contributed by atoms with Gasteiger partial charge in [-0.1, -0.05) is 47.5 Å². The van der Waals surface area contributed by atoms with Gasteiger partial charge in [-0.05, 0) is 42.0 Å². The molecule has 0 heterocycles. The Morgan fingerprint density at radius 1 is 0.833 bits per heavy atom. The number of unbranched alkanes of at least 4 members (excludes halogenated alkanes) is 2. The van der Waals surface area contributed by atoms with E-state index >= 15 is 0 Å². The molecule has 0 radical (unpaired) electrons. The van der Waals surface area contributed by atoms with Gasteiger partial charge in [-0.3, -0.25) is 9.59 Å². The van der Waals surface area contributed by atoms with Crippen molar-refractivity contribution in [2.75, 3.05) is 13.1 Å². The molecule has 1 aromatic carbocycles. The topological polar surface area (TPSA) is 58.2 Å². The first-order valence-corrected chi connectivity index (χ1v) is 9.01. The summed E-state index contributed by atoms with van der Waals surface area (Å²) in [5, 5.41) is 5.85. The highest BCUT2D eigenvalue weighted by Crippen LogP contribution is 2.25. The number of hydrogen-bond acceptors (Lipinski definition) is 2. The van der Waals surface area contributed by atoms with Gasteiger partial charge in [0, 0.05) is 24.2 Å². The van der Waals surface area contributed by atoms with E-state index in [4.69, 9.17) is 0 Å². The smallest absolute Gasteiger partial charge is 0.251 e. The summed E-state index contributed by atoms with van der Waals surface area (Å²) >= 11 is 0. The van der Waals surface area contributed by atoms with Crippen LogP contribution in [0, 0.1) is 0 Å². The Morgan fingerprint density at radius 2 is 1.25 bits per heavy atom. The maximum Gasteiger partial charge on any atom is 0.251 e. The number of carbonyl (C=O) groups is 2. The zero-order chi connectivity index (χ0) is 18.2. The van der Waals surface area contributed by atoms with Crippen molar-refractivity contribution in [3.8, 4) is 0 Å². The van der Waals surface area contributed by atoms with Crippen LogP contribution in [-0.2, 0) is 5.41 Å². The first-order chi connectivity index (χ1) is 11.3. The van der Waals surface area contributed by atoms with Crippen molar-refractivity contribution in [1.82, 2.24) is 10.6 Å². The Bertz CT molecular complexity index is 519. The molecule has 0 unspecified atom stereocenters. The molecule has 0 saturated carbocycles. The summed E-state index contributed by atoms with van der Waals surface area (Å²) in [5.74, 6) is -0.227. The van der Waals surface area contributed by atoms with Crippen LogP contribution in [0.3, 0.4) is 0 Å². The second kappa shape index (κ2) is 9.45. The first kappa shape index (κ1) is 20.2. The van der Waals surface area contributed by atoms with E-state index in [2.05, 4.69) is 45.3 Å². The molecule has 0 aliphatic rings. The van der Waals surface area contributed by atoms with Gasteiger partial charge < -0.3 is 10.6 Å². The van der Waals surface area contributed by atoms with E-state index in [1.165, 1.54) is 0 Å². The van der Waals surface area contributed by atoms with Gasteiger partial charge in [-0.25, -0.2) is 0 Å². The van der Waals surface area contributed by atoms with E-state index in [0.717, 1.165) is 31.2 Å². The van der Waals surface area contributed by atoms with Gasteiger partial charge in [-0.2, -0.15) is 0 Å². The molecule has 1 aromatic rings. The minimum Gasteiger partial charge on any atom is -0.352 e. The minimum atomic E-state index is -0.127. The zero-order valence-electron chi connectivity index (χ0n) is 15.8. The Morgan fingerprint density at radius 3 is 1.58 bits per heavy atom. The van der Waals surface area contributed by atoms with Crippen LogP contribution in [0.2, 0.25) is 0 Å². The quantitative estimate of drug-likeness (QED) is 0.706. The molecule has 24 heavy (non-hydrogen) atoms. The average Bonchev–Trinajstić information content (AvgIpc) is 2.53. The van der Waals surface area contributed by atoms with Gasteiger partial charge >= 0.3 is 0 Å². The van der Waals surface area contributed by atoms with Crippen LogP contribution in [-0.4, -0.2) is 24.9 Å². The lowest BCUT2D eigenvalue weighted by Crippen LogP contribution is -2.28. The number of nitrogens with one attached hydrogen (secondary N) is 2. The molecule has 0 spiro atoms. The Balaban J connectivity index is 3.04. The van der Waals surface area contributed by atoms with Crippen molar-refractivity contribution in [1.29, 1.82) is 0 Å². The fourth-order valence-electron chi connectivity index (χ4n) is 2.28. The van der Waals surface area contributed by atoms with E-state index in [9.17, 15) is 9.59 Å². The van der Waals surface area contributed by atoms with Gasteiger partial charge in [0.1, 0.15) is 0 Å². The van der Waals surface area contributed by atoms with E-state index in [1.807, 2.05) is 12.1 Å². The number of rotatable bonds is 8. The molecule has 0 fully saturated rings. The van der Waals surface area contributed by atoms with Crippen molar-refractivity contribution in [3.63, 3.8) is 0 Å². The molecular weight excluding hydrogens is 300 g/mol. The van der Waals surface area contributed by atoms with Crippen molar-refractivity contribution in [2.24, 2.45) is 0 Å². The molecule has 2 amide bonds. The first-order valence-electron chi connectivity index (χ1n) is 9.01. The maximum atomic E-state index is 12.4. The Hall–Kier alpha value is -1.84. The monoisotopic (exact) mass is 332 g/mol. The summed E-state index contributed by atoms with van der Waals surface area (Å²) in [6, 6.07) is 5.48. The highest BCUT2D eigenvalue weighted by molar-refractivity contribution is 6.00. The SMILES string of the molecule is CCCCNC(=O)c1cc(C(=O)NCCCC)cc(C(C)(C)C)c1. The number of benzene rings is 1. The Labute approximate surface area is 146 Å². The van der Waals surface area contributed by atoms with Gasteiger partial charge in [0.05, 0.1) is 0 Å². The van der Waals surface area contributed by atoms with Crippen molar-refractivity contribution in [2.45, 2.75) is 65.7 Å². The lowest BCUT2D eigenvalue weighted by atomic mass is 9.85. The van der Waals surface area contributed by atoms with Crippen molar-refractivity contribution in [3.05, 3.63) is 34.9 Å². The number of amides is 2. The molecule has 2 N–H and O–H groups in total. The molecule has 0 saturated heterocycles. The van der Waals surface area contributed by atoms with Gasteiger partial charge in [0.2, 0.25) is 0 Å². The average molecular weight is 332 g/mol. The molecular formula is C20H32N2O2. The summed E-state index contributed by atoms with van der Waals surface area (Å²) < 4.78 is 0. The van der Waals surface area contributed by atoms with E-state index < -0.39 is 0 Å². The van der Waals surface area contributed by atoms with Gasteiger partial charge in [0.25, 0.3) is 11.8 Å². The summed E-state index contributed by atoms with van der Waals surface area (Å²) in [4.78, 5) is 24.8. The summed E-state index contributed by atoms with van der Waals surface area (Å²) in [5.41, 5.74) is 1.97. The highest BCUT2D eigenvalue weighted by atomic mass is 16.2. The standard InChI is InChI=1S/C20H32N2O2/c1-6-8-10-21-18(23)15-12-16(19(24)22-11-9-7-2)14-17(13-15)20(3,4)5/h12-14H,6-11H2,1-5H3,(H,21,23)(H,22,24). The van der Waals surface area contributed by atoms with Crippen LogP contribution in [0.15, 0.2) is 18.2 Å². The molecule has 1 rings (SSSR count). The third-order valence-electron chi connectivity index (χ3n) is 3.96. The molecule has 0 bridgehead atoms. The third-order valence-corrected chi connectivity index (χ3v) is 3.96. The van der Waals surface area contributed by atoms with Crippen LogP contribution < -0.4 is 10.6 Å². The molecule has 134 valence electrons. The normalized spacial score (nSPS) is 11.2. The van der Waals surface area contributed by atoms with Crippen LogP contribution in [0.25, 0.3) is 0 Å².